The van der Waals surface area contributed by atoms with Crippen LogP contribution in [0, 0.1) is 10.1 Å². The average Bonchev–Trinajstić information content (AvgIpc) is 2.97. The minimum atomic E-state index is -0.406. The largest absolute Gasteiger partial charge is 0.469 e. The van der Waals surface area contributed by atoms with Crippen LogP contribution in [0.1, 0.15) is 24.7 Å². The van der Waals surface area contributed by atoms with Crippen molar-refractivity contribution < 1.29 is 9.34 Å². The van der Waals surface area contributed by atoms with E-state index in [2.05, 4.69) is 5.32 Å². The number of nitro benzene ring substituents is 1. The van der Waals surface area contributed by atoms with E-state index in [9.17, 15) is 10.1 Å². The lowest BCUT2D eigenvalue weighted by Gasteiger charge is -2.13. The van der Waals surface area contributed by atoms with Crippen LogP contribution in [-0.4, -0.2) is 11.0 Å². The van der Waals surface area contributed by atoms with Gasteiger partial charge in [0.25, 0.3) is 5.69 Å². The van der Waals surface area contributed by atoms with Gasteiger partial charge in [-0.2, -0.15) is 0 Å². The van der Waals surface area contributed by atoms with Crippen LogP contribution in [0.5, 0.6) is 0 Å². The van der Waals surface area contributed by atoms with Gasteiger partial charge in [0, 0.05) is 35.7 Å². The van der Waals surface area contributed by atoms with Gasteiger partial charge in [-0.25, -0.2) is 0 Å². The molecule has 0 amide bonds. The minimum absolute atomic E-state index is 0.0493. The number of nitrogens with one attached hydrogen (secondary N) is 1. The molecule has 0 fully saturated rings. The zero-order valence-electron chi connectivity index (χ0n) is 11.7. The molecule has 1 unspecified atom stereocenters. The van der Waals surface area contributed by atoms with Gasteiger partial charge < -0.3 is 9.73 Å². The van der Waals surface area contributed by atoms with Gasteiger partial charge in [-0.1, -0.05) is 11.6 Å². The highest BCUT2D eigenvalue weighted by atomic mass is 35.5. The van der Waals surface area contributed by atoms with E-state index in [0.717, 1.165) is 18.6 Å². The van der Waals surface area contributed by atoms with Gasteiger partial charge in [0.2, 0.25) is 0 Å². The molecule has 0 radical (unpaired) electrons. The van der Waals surface area contributed by atoms with Crippen molar-refractivity contribution in [1.29, 1.82) is 0 Å². The molecule has 21 heavy (non-hydrogen) atoms. The molecule has 0 spiro atoms. The summed E-state index contributed by atoms with van der Waals surface area (Å²) in [6, 6.07) is 8.77. The number of hydrogen-bond acceptors (Lipinski definition) is 4. The third-order valence-electron chi connectivity index (χ3n) is 3.29. The number of hydrogen-bond donors (Lipinski definition) is 1. The minimum Gasteiger partial charge on any atom is -0.469 e. The second kappa shape index (κ2) is 7.24. The molecule has 5 nitrogen and oxygen atoms in total. The summed E-state index contributed by atoms with van der Waals surface area (Å²) in [5, 5.41) is 14.7. The summed E-state index contributed by atoms with van der Waals surface area (Å²) in [7, 11) is 0. The van der Waals surface area contributed by atoms with E-state index in [4.69, 9.17) is 16.0 Å². The van der Waals surface area contributed by atoms with Crippen LogP contribution in [-0.2, 0) is 13.0 Å². The molecule has 1 heterocycles. The van der Waals surface area contributed by atoms with Crippen LogP contribution < -0.4 is 5.32 Å². The molecule has 0 saturated heterocycles. The maximum atomic E-state index is 11.0. The van der Waals surface area contributed by atoms with Crippen LogP contribution in [0.4, 0.5) is 5.69 Å². The van der Waals surface area contributed by atoms with Gasteiger partial charge >= 0.3 is 0 Å². The molecule has 1 atom stereocenters. The van der Waals surface area contributed by atoms with Crippen molar-refractivity contribution >= 4 is 17.3 Å². The third-order valence-corrected chi connectivity index (χ3v) is 3.52. The van der Waals surface area contributed by atoms with E-state index in [1.807, 2.05) is 19.1 Å². The molecule has 0 aliphatic carbocycles. The first-order valence-corrected chi connectivity index (χ1v) is 7.12. The number of furan rings is 1. The first-order chi connectivity index (χ1) is 10.1. The van der Waals surface area contributed by atoms with Gasteiger partial charge in [0.05, 0.1) is 11.2 Å². The molecule has 0 bridgehead atoms. The quantitative estimate of drug-likeness (QED) is 0.621. The fourth-order valence-corrected chi connectivity index (χ4v) is 2.22. The summed E-state index contributed by atoms with van der Waals surface area (Å²) in [5.74, 6) is 0.945. The van der Waals surface area contributed by atoms with E-state index in [1.165, 1.54) is 6.07 Å². The van der Waals surface area contributed by atoms with Gasteiger partial charge in [0.1, 0.15) is 5.76 Å². The molecule has 6 heteroatoms. The van der Waals surface area contributed by atoms with Crippen LogP contribution in [0.15, 0.2) is 41.0 Å². The highest BCUT2D eigenvalue weighted by Gasteiger charge is 2.14. The number of rotatable bonds is 7. The van der Waals surface area contributed by atoms with Gasteiger partial charge in [-0.15, -0.1) is 0 Å². The standard InChI is InChI=1S/C15H17ClN2O3/c1-11(4-7-14-3-2-8-21-14)17-10-12-5-6-13(16)9-15(12)18(19)20/h2-3,5-6,8-9,11,17H,4,7,10H2,1H3. The van der Waals surface area contributed by atoms with Crippen LogP contribution in [0.25, 0.3) is 0 Å². The molecule has 1 aromatic heterocycles. The lowest BCUT2D eigenvalue weighted by Crippen LogP contribution is -2.26. The third kappa shape index (κ3) is 4.58. The average molecular weight is 309 g/mol. The highest BCUT2D eigenvalue weighted by Crippen LogP contribution is 2.23. The Morgan fingerprint density at radius 3 is 2.90 bits per heavy atom. The second-order valence-electron chi connectivity index (χ2n) is 4.93. The fraction of sp³-hybridized carbons (Fsp3) is 0.333. The van der Waals surface area contributed by atoms with E-state index in [-0.39, 0.29) is 11.7 Å². The van der Waals surface area contributed by atoms with Crippen molar-refractivity contribution in [2.75, 3.05) is 0 Å². The summed E-state index contributed by atoms with van der Waals surface area (Å²) in [4.78, 5) is 10.6. The van der Waals surface area contributed by atoms with Crippen LogP contribution in [0.2, 0.25) is 5.02 Å². The molecule has 2 rings (SSSR count). The zero-order chi connectivity index (χ0) is 15.2. The molecular weight excluding hydrogens is 292 g/mol. The Bertz CT molecular complexity index is 599. The summed E-state index contributed by atoms with van der Waals surface area (Å²) in [6.07, 6.45) is 3.39. The number of aryl methyl sites for hydroxylation is 1. The first-order valence-electron chi connectivity index (χ1n) is 6.75. The summed E-state index contributed by atoms with van der Waals surface area (Å²) in [6.45, 7) is 2.48. The van der Waals surface area contributed by atoms with E-state index in [1.54, 1.807) is 18.4 Å². The Morgan fingerprint density at radius 1 is 1.43 bits per heavy atom. The van der Waals surface area contributed by atoms with Crippen molar-refractivity contribution in [1.82, 2.24) is 5.32 Å². The molecule has 1 N–H and O–H groups in total. The molecule has 0 aliphatic rings. The Hall–Kier alpha value is -1.85. The molecule has 0 aliphatic heterocycles. The lowest BCUT2D eigenvalue weighted by atomic mass is 10.1. The Morgan fingerprint density at radius 2 is 2.24 bits per heavy atom. The zero-order valence-corrected chi connectivity index (χ0v) is 12.5. The smallest absolute Gasteiger partial charge is 0.275 e. The highest BCUT2D eigenvalue weighted by molar-refractivity contribution is 6.30. The van der Waals surface area contributed by atoms with Crippen LogP contribution in [0.3, 0.4) is 0 Å². The van der Waals surface area contributed by atoms with Crippen molar-refractivity contribution in [3.8, 4) is 0 Å². The number of halogens is 1. The molecule has 1 aromatic carbocycles. The van der Waals surface area contributed by atoms with Gasteiger partial charge in [0.15, 0.2) is 0 Å². The summed E-state index contributed by atoms with van der Waals surface area (Å²) < 4.78 is 5.28. The normalized spacial score (nSPS) is 12.3. The van der Waals surface area contributed by atoms with Crippen molar-refractivity contribution in [3.05, 3.63) is 63.1 Å². The van der Waals surface area contributed by atoms with E-state index >= 15 is 0 Å². The maximum absolute atomic E-state index is 11.0. The number of nitro groups is 1. The van der Waals surface area contributed by atoms with Crippen molar-refractivity contribution in [2.24, 2.45) is 0 Å². The molecular formula is C15H17ClN2O3. The second-order valence-corrected chi connectivity index (χ2v) is 5.37. The molecule has 112 valence electrons. The Labute approximate surface area is 128 Å². The number of nitrogens with zero attached hydrogens (tertiary/aromatic N) is 1. The fourth-order valence-electron chi connectivity index (χ4n) is 2.06. The summed E-state index contributed by atoms with van der Waals surface area (Å²) >= 11 is 5.80. The number of benzene rings is 1. The molecule has 2 aromatic rings. The SMILES string of the molecule is CC(CCc1ccco1)NCc1ccc(Cl)cc1[N+](=O)[O-]. The maximum Gasteiger partial charge on any atom is 0.275 e. The summed E-state index contributed by atoms with van der Waals surface area (Å²) in [5.41, 5.74) is 0.683. The van der Waals surface area contributed by atoms with E-state index in [0.29, 0.717) is 17.1 Å². The molecule has 0 saturated carbocycles. The van der Waals surface area contributed by atoms with Gasteiger partial charge in [-0.05, 0) is 37.6 Å². The Balaban J connectivity index is 1.89. The van der Waals surface area contributed by atoms with Crippen LogP contribution >= 0.6 is 11.6 Å². The van der Waals surface area contributed by atoms with Crippen molar-refractivity contribution in [2.45, 2.75) is 32.4 Å². The lowest BCUT2D eigenvalue weighted by molar-refractivity contribution is -0.385. The predicted molar refractivity (Wildman–Crippen MR) is 81.4 cm³/mol. The van der Waals surface area contributed by atoms with Crippen molar-refractivity contribution in [3.63, 3.8) is 0 Å². The Kier molecular flexibility index (Phi) is 5.36. The first kappa shape index (κ1) is 15.5. The topological polar surface area (TPSA) is 68.3 Å². The predicted octanol–water partition coefficient (Wildman–Crippen LogP) is 3.95. The van der Waals surface area contributed by atoms with Gasteiger partial charge in [-0.3, -0.25) is 10.1 Å². The monoisotopic (exact) mass is 308 g/mol. The van der Waals surface area contributed by atoms with E-state index < -0.39 is 4.92 Å².